The summed E-state index contributed by atoms with van der Waals surface area (Å²) in [6.07, 6.45) is -3.82. The third kappa shape index (κ3) is 2.21. The SMILES string of the molecule is CC1(C)OB(C2CC(C(F)(F)F)C2)OC1(C)C. The molecule has 1 saturated heterocycles. The van der Waals surface area contributed by atoms with Crippen molar-refractivity contribution in [2.24, 2.45) is 5.92 Å². The second-order valence-corrected chi connectivity index (χ2v) is 6.09. The van der Waals surface area contributed by atoms with Gasteiger partial charge in [0.2, 0.25) is 0 Å². The van der Waals surface area contributed by atoms with Crippen LogP contribution in [0.3, 0.4) is 0 Å². The normalized spacial score (nSPS) is 35.8. The van der Waals surface area contributed by atoms with E-state index in [2.05, 4.69) is 0 Å². The van der Waals surface area contributed by atoms with Crippen LogP contribution < -0.4 is 0 Å². The molecule has 2 rings (SSSR count). The zero-order valence-electron chi connectivity index (χ0n) is 10.6. The van der Waals surface area contributed by atoms with Crippen LogP contribution in [0.5, 0.6) is 0 Å². The average molecular weight is 250 g/mol. The summed E-state index contributed by atoms with van der Waals surface area (Å²) in [6.45, 7) is 7.64. The van der Waals surface area contributed by atoms with E-state index >= 15 is 0 Å². The first-order chi connectivity index (χ1) is 7.53. The number of hydrogen-bond donors (Lipinski definition) is 0. The van der Waals surface area contributed by atoms with Crippen LogP contribution in [0.25, 0.3) is 0 Å². The van der Waals surface area contributed by atoms with Gasteiger partial charge < -0.3 is 9.31 Å². The topological polar surface area (TPSA) is 18.5 Å². The number of halogens is 3. The molecular weight excluding hydrogens is 232 g/mol. The van der Waals surface area contributed by atoms with Gasteiger partial charge in [0.25, 0.3) is 0 Å². The fraction of sp³-hybridized carbons (Fsp3) is 1.00. The van der Waals surface area contributed by atoms with Gasteiger partial charge in [-0.1, -0.05) is 0 Å². The molecule has 6 heteroatoms. The van der Waals surface area contributed by atoms with Crippen molar-refractivity contribution < 1.29 is 22.5 Å². The van der Waals surface area contributed by atoms with E-state index < -0.39 is 30.4 Å². The summed E-state index contributed by atoms with van der Waals surface area (Å²) in [5.74, 6) is -1.30. The minimum atomic E-state index is -4.07. The van der Waals surface area contributed by atoms with Gasteiger partial charge in [-0.05, 0) is 46.4 Å². The summed E-state index contributed by atoms with van der Waals surface area (Å²) in [4.78, 5) is 0. The van der Waals surface area contributed by atoms with Crippen molar-refractivity contribution in [2.45, 2.75) is 63.7 Å². The summed E-state index contributed by atoms with van der Waals surface area (Å²) in [7, 11) is -0.487. The molecule has 0 amide bonds. The molecule has 98 valence electrons. The van der Waals surface area contributed by atoms with Crippen LogP contribution in [0, 0.1) is 5.92 Å². The van der Waals surface area contributed by atoms with E-state index in [0.717, 1.165) is 0 Å². The third-order valence-corrected chi connectivity index (χ3v) is 4.29. The van der Waals surface area contributed by atoms with Crippen LogP contribution in [0.4, 0.5) is 13.2 Å². The van der Waals surface area contributed by atoms with Gasteiger partial charge in [-0.2, -0.15) is 13.2 Å². The highest BCUT2D eigenvalue weighted by atomic mass is 19.4. The van der Waals surface area contributed by atoms with Crippen molar-refractivity contribution >= 4 is 7.12 Å². The molecule has 0 aromatic rings. The molecule has 0 atom stereocenters. The van der Waals surface area contributed by atoms with Crippen molar-refractivity contribution in [1.82, 2.24) is 0 Å². The van der Waals surface area contributed by atoms with Crippen LogP contribution in [-0.2, 0) is 9.31 Å². The Morgan fingerprint density at radius 3 is 1.76 bits per heavy atom. The predicted molar refractivity (Wildman–Crippen MR) is 58.6 cm³/mol. The molecule has 1 heterocycles. The van der Waals surface area contributed by atoms with E-state index in [1.807, 2.05) is 27.7 Å². The predicted octanol–water partition coefficient (Wildman–Crippen LogP) is 3.42. The first kappa shape index (κ1) is 13.2. The number of rotatable bonds is 1. The molecule has 2 fully saturated rings. The van der Waals surface area contributed by atoms with Gasteiger partial charge in [-0.15, -0.1) is 0 Å². The highest BCUT2D eigenvalue weighted by molar-refractivity contribution is 6.47. The quantitative estimate of drug-likeness (QED) is 0.664. The van der Waals surface area contributed by atoms with Gasteiger partial charge in [0, 0.05) is 0 Å². The van der Waals surface area contributed by atoms with Crippen molar-refractivity contribution in [2.75, 3.05) is 0 Å². The molecule has 0 bridgehead atoms. The minimum absolute atomic E-state index is 0.123. The maximum absolute atomic E-state index is 12.4. The van der Waals surface area contributed by atoms with E-state index in [4.69, 9.17) is 9.31 Å². The van der Waals surface area contributed by atoms with Crippen LogP contribution in [0.2, 0.25) is 5.82 Å². The Morgan fingerprint density at radius 1 is 1.00 bits per heavy atom. The molecule has 0 aromatic heterocycles. The third-order valence-electron chi connectivity index (χ3n) is 4.29. The molecule has 0 unspecified atom stereocenters. The van der Waals surface area contributed by atoms with Gasteiger partial charge in [0.05, 0.1) is 17.1 Å². The number of hydrogen-bond acceptors (Lipinski definition) is 2. The van der Waals surface area contributed by atoms with Crippen LogP contribution in [0.15, 0.2) is 0 Å². The molecule has 0 spiro atoms. The lowest BCUT2D eigenvalue weighted by atomic mass is 9.56. The second kappa shape index (κ2) is 3.64. The Bertz CT molecular complexity index is 292. The molecular formula is C11H18BF3O2. The van der Waals surface area contributed by atoms with Crippen LogP contribution in [-0.4, -0.2) is 24.5 Å². The zero-order valence-corrected chi connectivity index (χ0v) is 10.6. The highest BCUT2D eigenvalue weighted by Gasteiger charge is 2.59. The summed E-state index contributed by atoms with van der Waals surface area (Å²) < 4.78 is 48.6. The van der Waals surface area contributed by atoms with E-state index in [1.54, 1.807) is 0 Å². The molecule has 0 aromatic carbocycles. The lowest BCUT2D eigenvalue weighted by Crippen LogP contribution is -2.41. The van der Waals surface area contributed by atoms with E-state index in [1.165, 1.54) is 0 Å². The van der Waals surface area contributed by atoms with E-state index in [-0.39, 0.29) is 18.7 Å². The van der Waals surface area contributed by atoms with Gasteiger partial charge in [0.1, 0.15) is 0 Å². The standard InChI is InChI=1S/C11H18BF3O2/c1-9(2)10(3,4)17-12(16-9)8-5-7(6-8)11(13,14)15/h7-8H,5-6H2,1-4H3. The Labute approximate surface area is 100.0 Å². The monoisotopic (exact) mass is 250 g/mol. The Balaban J connectivity index is 1.93. The van der Waals surface area contributed by atoms with Crippen LogP contribution >= 0.6 is 0 Å². The first-order valence-corrected chi connectivity index (χ1v) is 5.95. The lowest BCUT2D eigenvalue weighted by molar-refractivity contribution is -0.194. The molecule has 1 aliphatic carbocycles. The maximum Gasteiger partial charge on any atom is 0.461 e. The fourth-order valence-corrected chi connectivity index (χ4v) is 2.23. The number of alkyl halides is 3. The summed E-state index contributed by atoms with van der Waals surface area (Å²) >= 11 is 0. The van der Waals surface area contributed by atoms with Crippen molar-refractivity contribution in [3.05, 3.63) is 0 Å². The smallest absolute Gasteiger partial charge is 0.403 e. The van der Waals surface area contributed by atoms with E-state index in [9.17, 15) is 13.2 Å². The Kier molecular flexibility index (Phi) is 2.83. The van der Waals surface area contributed by atoms with Gasteiger partial charge in [-0.25, -0.2) is 0 Å². The summed E-state index contributed by atoms with van der Waals surface area (Å²) in [5, 5.41) is 0. The fourth-order valence-electron chi connectivity index (χ4n) is 2.23. The summed E-state index contributed by atoms with van der Waals surface area (Å²) in [6, 6.07) is 0. The molecule has 0 N–H and O–H groups in total. The zero-order chi connectivity index (χ0) is 13.1. The van der Waals surface area contributed by atoms with Gasteiger partial charge in [-0.3, -0.25) is 0 Å². The second-order valence-electron chi connectivity index (χ2n) is 6.09. The van der Waals surface area contributed by atoms with E-state index in [0.29, 0.717) is 0 Å². The van der Waals surface area contributed by atoms with Crippen molar-refractivity contribution in [1.29, 1.82) is 0 Å². The highest BCUT2D eigenvalue weighted by Crippen LogP contribution is 2.53. The molecule has 1 saturated carbocycles. The largest absolute Gasteiger partial charge is 0.461 e. The maximum atomic E-state index is 12.4. The van der Waals surface area contributed by atoms with Crippen molar-refractivity contribution in [3.8, 4) is 0 Å². The molecule has 17 heavy (non-hydrogen) atoms. The van der Waals surface area contributed by atoms with Crippen LogP contribution in [0.1, 0.15) is 40.5 Å². The minimum Gasteiger partial charge on any atom is -0.403 e. The first-order valence-electron chi connectivity index (χ1n) is 5.95. The Hall–Kier alpha value is -0.225. The Morgan fingerprint density at radius 2 is 1.41 bits per heavy atom. The summed E-state index contributed by atoms with van der Waals surface area (Å²) in [5.41, 5.74) is -0.915. The molecule has 0 radical (unpaired) electrons. The van der Waals surface area contributed by atoms with Gasteiger partial charge in [0.15, 0.2) is 0 Å². The molecule has 1 aliphatic heterocycles. The van der Waals surface area contributed by atoms with Gasteiger partial charge >= 0.3 is 13.3 Å². The lowest BCUT2D eigenvalue weighted by Gasteiger charge is -2.37. The molecule has 2 aliphatic rings. The molecule has 2 nitrogen and oxygen atoms in total. The average Bonchev–Trinajstić information content (AvgIpc) is 2.13. The van der Waals surface area contributed by atoms with Crippen molar-refractivity contribution in [3.63, 3.8) is 0 Å².